The van der Waals surface area contributed by atoms with Crippen molar-refractivity contribution >= 4 is 5.97 Å². The SMILES string of the molecule is Cc1ccc(C(C)(C)C)cc1-c1nc[nH]c1C(=O)O. The summed E-state index contributed by atoms with van der Waals surface area (Å²) in [6.07, 6.45) is 1.42. The fourth-order valence-corrected chi connectivity index (χ4v) is 2.01. The second-order valence-corrected chi connectivity index (χ2v) is 5.71. The van der Waals surface area contributed by atoms with Gasteiger partial charge in [0, 0.05) is 5.56 Å². The normalized spacial score (nSPS) is 11.6. The third kappa shape index (κ3) is 2.52. The van der Waals surface area contributed by atoms with Gasteiger partial charge in [0.05, 0.1) is 6.33 Å². The summed E-state index contributed by atoms with van der Waals surface area (Å²) in [5.74, 6) is -0.993. The molecule has 0 amide bonds. The molecule has 100 valence electrons. The number of hydrogen-bond donors (Lipinski definition) is 2. The van der Waals surface area contributed by atoms with E-state index in [9.17, 15) is 4.79 Å². The average molecular weight is 258 g/mol. The summed E-state index contributed by atoms with van der Waals surface area (Å²) in [5, 5.41) is 9.16. The molecule has 0 aliphatic carbocycles. The van der Waals surface area contributed by atoms with Gasteiger partial charge in [-0.1, -0.05) is 32.9 Å². The van der Waals surface area contributed by atoms with Gasteiger partial charge in [-0.25, -0.2) is 9.78 Å². The molecule has 2 aromatic rings. The highest BCUT2D eigenvalue weighted by Crippen LogP contribution is 2.30. The largest absolute Gasteiger partial charge is 0.477 e. The van der Waals surface area contributed by atoms with Gasteiger partial charge < -0.3 is 10.1 Å². The Hall–Kier alpha value is -2.10. The highest BCUT2D eigenvalue weighted by Gasteiger charge is 2.19. The lowest BCUT2D eigenvalue weighted by Gasteiger charge is -2.20. The van der Waals surface area contributed by atoms with Crippen LogP contribution < -0.4 is 0 Å². The molecule has 0 aliphatic rings. The van der Waals surface area contributed by atoms with Crippen molar-refractivity contribution in [2.24, 2.45) is 0 Å². The topological polar surface area (TPSA) is 66.0 Å². The smallest absolute Gasteiger partial charge is 0.354 e. The Balaban J connectivity index is 2.62. The zero-order valence-corrected chi connectivity index (χ0v) is 11.6. The Bertz CT molecular complexity index is 621. The predicted molar refractivity (Wildman–Crippen MR) is 74.4 cm³/mol. The fraction of sp³-hybridized carbons (Fsp3) is 0.333. The van der Waals surface area contributed by atoms with Crippen LogP contribution in [0.15, 0.2) is 24.5 Å². The minimum atomic E-state index is -0.993. The van der Waals surface area contributed by atoms with E-state index in [1.165, 1.54) is 6.33 Å². The van der Waals surface area contributed by atoms with Crippen LogP contribution in [0.1, 0.15) is 42.4 Å². The van der Waals surface area contributed by atoms with Crippen molar-refractivity contribution in [1.82, 2.24) is 9.97 Å². The number of benzene rings is 1. The van der Waals surface area contributed by atoms with Crippen LogP contribution in [0.3, 0.4) is 0 Å². The zero-order valence-electron chi connectivity index (χ0n) is 11.6. The van der Waals surface area contributed by atoms with Gasteiger partial charge in [-0.15, -0.1) is 0 Å². The minimum absolute atomic E-state index is 0.0160. The van der Waals surface area contributed by atoms with Crippen molar-refractivity contribution in [2.45, 2.75) is 33.1 Å². The zero-order chi connectivity index (χ0) is 14.2. The highest BCUT2D eigenvalue weighted by atomic mass is 16.4. The second-order valence-electron chi connectivity index (χ2n) is 5.71. The van der Waals surface area contributed by atoms with Gasteiger partial charge in [0.2, 0.25) is 0 Å². The summed E-state index contributed by atoms with van der Waals surface area (Å²) in [6, 6.07) is 6.11. The van der Waals surface area contributed by atoms with Crippen LogP contribution in [0.4, 0.5) is 0 Å². The summed E-state index contributed by atoms with van der Waals surface area (Å²) in [5.41, 5.74) is 3.69. The number of aromatic nitrogens is 2. The monoisotopic (exact) mass is 258 g/mol. The molecule has 1 aromatic heterocycles. The van der Waals surface area contributed by atoms with Crippen molar-refractivity contribution in [3.8, 4) is 11.3 Å². The fourth-order valence-electron chi connectivity index (χ4n) is 2.01. The molecule has 0 saturated carbocycles. The lowest BCUT2D eigenvalue weighted by Crippen LogP contribution is -2.11. The first-order chi connectivity index (χ1) is 8.80. The molecule has 2 rings (SSSR count). The maximum atomic E-state index is 11.2. The molecular weight excluding hydrogens is 240 g/mol. The van der Waals surface area contributed by atoms with E-state index in [4.69, 9.17) is 5.11 Å². The standard InChI is InChI=1S/C15H18N2O2/c1-9-5-6-10(15(2,3)4)7-11(9)12-13(14(18)19)17-8-16-12/h5-8H,1-4H3,(H,16,17)(H,18,19). The summed E-state index contributed by atoms with van der Waals surface area (Å²) >= 11 is 0. The van der Waals surface area contributed by atoms with Crippen LogP contribution in [0, 0.1) is 6.92 Å². The van der Waals surface area contributed by atoms with Crippen LogP contribution >= 0.6 is 0 Å². The Kier molecular flexibility index (Phi) is 3.18. The summed E-state index contributed by atoms with van der Waals surface area (Å²) in [4.78, 5) is 18.0. The number of carbonyl (C=O) groups is 1. The van der Waals surface area contributed by atoms with Crippen LogP contribution in [0.5, 0.6) is 0 Å². The van der Waals surface area contributed by atoms with E-state index in [-0.39, 0.29) is 11.1 Å². The van der Waals surface area contributed by atoms with E-state index in [1.54, 1.807) is 0 Å². The van der Waals surface area contributed by atoms with E-state index >= 15 is 0 Å². The van der Waals surface area contributed by atoms with E-state index in [2.05, 4.69) is 36.8 Å². The number of carboxylic acid groups (broad SMARTS) is 1. The number of H-pyrrole nitrogens is 1. The highest BCUT2D eigenvalue weighted by molar-refractivity contribution is 5.93. The molecular formula is C15H18N2O2. The van der Waals surface area contributed by atoms with Crippen LogP contribution in [0.2, 0.25) is 0 Å². The lowest BCUT2D eigenvalue weighted by molar-refractivity contribution is 0.0692. The third-order valence-corrected chi connectivity index (χ3v) is 3.21. The molecule has 0 spiro atoms. The Labute approximate surface area is 112 Å². The molecule has 0 saturated heterocycles. The number of nitrogens with zero attached hydrogens (tertiary/aromatic N) is 1. The summed E-state index contributed by atoms with van der Waals surface area (Å²) < 4.78 is 0. The van der Waals surface area contributed by atoms with Crippen molar-refractivity contribution in [3.63, 3.8) is 0 Å². The number of hydrogen-bond acceptors (Lipinski definition) is 2. The number of aromatic carboxylic acids is 1. The molecule has 0 radical (unpaired) electrons. The van der Waals surface area contributed by atoms with Gasteiger partial charge in [0.25, 0.3) is 0 Å². The average Bonchev–Trinajstić information content (AvgIpc) is 2.76. The van der Waals surface area contributed by atoms with Gasteiger partial charge in [0.15, 0.2) is 5.69 Å². The number of carboxylic acids is 1. The second kappa shape index (κ2) is 4.53. The predicted octanol–water partition coefficient (Wildman–Crippen LogP) is 3.38. The van der Waals surface area contributed by atoms with Crippen LogP contribution in [0.25, 0.3) is 11.3 Å². The van der Waals surface area contributed by atoms with Crippen LogP contribution in [-0.2, 0) is 5.41 Å². The molecule has 0 fully saturated rings. The number of imidazole rings is 1. The Morgan fingerprint density at radius 3 is 2.58 bits per heavy atom. The first kappa shape index (κ1) is 13.3. The van der Waals surface area contributed by atoms with Crippen molar-refractivity contribution in [2.75, 3.05) is 0 Å². The first-order valence-electron chi connectivity index (χ1n) is 6.19. The summed E-state index contributed by atoms with van der Waals surface area (Å²) in [7, 11) is 0. The van der Waals surface area contributed by atoms with Crippen molar-refractivity contribution in [1.29, 1.82) is 0 Å². The van der Waals surface area contributed by atoms with Gasteiger partial charge in [-0.2, -0.15) is 0 Å². The molecule has 2 N–H and O–H groups in total. The molecule has 0 atom stereocenters. The number of nitrogens with one attached hydrogen (secondary N) is 1. The molecule has 0 bridgehead atoms. The minimum Gasteiger partial charge on any atom is -0.477 e. The van der Waals surface area contributed by atoms with Gasteiger partial charge in [-0.05, 0) is 29.5 Å². The van der Waals surface area contributed by atoms with E-state index in [0.717, 1.165) is 16.7 Å². The molecule has 1 heterocycles. The maximum Gasteiger partial charge on any atom is 0.354 e. The molecule has 19 heavy (non-hydrogen) atoms. The van der Waals surface area contributed by atoms with E-state index in [0.29, 0.717) is 5.69 Å². The van der Waals surface area contributed by atoms with E-state index in [1.807, 2.05) is 19.1 Å². The Morgan fingerprint density at radius 1 is 1.32 bits per heavy atom. The maximum absolute atomic E-state index is 11.2. The third-order valence-electron chi connectivity index (χ3n) is 3.21. The summed E-state index contributed by atoms with van der Waals surface area (Å²) in [6.45, 7) is 8.35. The number of aromatic amines is 1. The Morgan fingerprint density at radius 2 is 2.00 bits per heavy atom. The van der Waals surface area contributed by atoms with Crippen molar-refractivity contribution in [3.05, 3.63) is 41.3 Å². The first-order valence-corrected chi connectivity index (χ1v) is 6.19. The number of aryl methyl sites for hydroxylation is 1. The van der Waals surface area contributed by atoms with Gasteiger partial charge in [0.1, 0.15) is 5.69 Å². The molecule has 0 aliphatic heterocycles. The van der Waals surface area contributed by atoms with Crippen molar-refractivity contribution < 1.29 is 9.90 Å². The molecule has 0 unspecified atom stereocenters. The lowest BCUT2D eigenvalue weighted by atomic mass is 9.85. The quantitative estimate of drug-likeness (QED) is 0.867. The van der Waals surface area contributed by atoms with Gasteiger partial charge in [-0.3, -0.25) is 0 Å². The van der Waals surface area contributed by atoms with Gasteiger partial charge >= 0.3 is 5.97 Å². The van der Waals surface area contributed by atoms with E-state index < -0.39 is 5.97 Å². The molecule has 4 heteroatoms. The van der Waals surface area contributed by atoms with Crippen LogP contribution in [-0.4, -0.2) is 21.0 Å². The molecule has 4 nitrogen and oxygen atoms in total. The number of rotatable bonds is 2. The molecule has 1 aromatic carbocycles.